The molecular weight excluding hydrogens is 250 g/mol. The molecule has 0 aliphatic rings. The molecule has 86 valence electrons. The topological polar surface area (TPSA) is 26.0 Å². The van der Waals surface area contributed by atoms with E-state index in [1.165, 1.54) is 12.1 Å². The van der Waals surface area contributed by atoms with Gasteiger partial charge in [-0.15, -0.1) is 12.4 Å². The normalized spacial score (nSPS) is 13.1. The Balaban J connectivity index is 0.00000196. The van der Waals surface area contributed by atoms with Gasteiger partial charge in [-0.2, -0.15) is 13.2 Å². The van der Waals surface area contributed by atoms with Crippen LogP contribution in [0.4, 0.5) is 13.2 Å². The van der Waals surface area contributed by atoms with Gasteiger partial charge in [0.25, 0.3) is 0 Å². The number of benzene rings is 1. The van der Waals surface area contributed by atoms with Crippen LogP contribution in [0.3, 0.4) is 0 Å². The third-order valence-electron chi connectivity index (χ3n) is 1.73. The zero-order valence-electron chi connectivity index (χ0n) is 7.59. The van der Waals surface area contributed by atoms with Crippen LogP contribution < -0.4 is 5.73 Å². The second-order valence-corrected chi connectivity index (χ2v) is 3.42. The van der Waals surface area contributed by atoms with Gasteiger partial charge >= 0.3 is 6.18 Å². The molecule has 1 aromatic rings. The van der Waals surface area contributed by atoms with Crippen molar-refractivity contribution in [3.8, 4) is 0 Å². The third kappa shape index (κ3) is 5.25. The molecule has 0 radical (unpaired) electrons. The summed E-state index contributed by atoms with van der Waals surface area (Å²) in [6.07, 6.45) is -5.28. The van der Waals surface area contributed by atoms with Gasteiger partial charge in [0.2, 0.25) is 0 Å². The monoisotopic (exact) mass is 259 g/mol. The van der Waals surface area contributed by atoms with Gasteiger partial charge in [-0.25, -0.2) is 0 Å². The first-order valence-electron chi connectivity index (χ1n) is 3.96. The fourth-order valence-electron chi connectivity index (χ4n) is 1.10. The predicted octanol–water partition coefficient (Wildman–Crippen LogP) is 3.71. The third-order valence-corrected chi connectivity index (χ3v) is 1.96. The average molecular weight is 260 g/mol. The van der Waals surface area contributed by atoms with E-state index >= 15 is 0 Å². The molecule has 0 spiro atoms. The van der Waals surface area contributed by atoms with Gasteiger partial charge in [0.1, 0.15) is 0 Å². The maximum atomic E-state index is 12.0. The summed E-state index contributed by atoms with van der Waals surface area (Å²) < 4.78 is 35.9. The maximum absolute atomic E-state index is 12.0. The van der Waals surface area contributed by atoms with Crippen LogP contribution in [0.5, 0.6) is 0 Å². The van der Waals surface area contributed by atoms with Crippen molar-refractivity contribution in [3.05, 3.63) is 34.9 Å². The van der Waals surface area contributed by atoms with E-state index in [9.17, 15) is 13.2 Å². The first-order valence-corrected chi connectivity index (χ1v) is 4.34. The Morgan fingerprint density at radius 3 is 2.40 bits per heavy atom. The smallest absolute Gasteiger partial charge is 0.324 e. The molecule has 1 rings (SSSR count). The van der Waals surface area contributed by atoms with E-state index < -0.39 is 18.6 Å². The Bertz CT molecular complexity index is 314. The van der Waals surface area contributed by atoms with Crippen LogP contribution in [-0.4, -0.2) is 6.18 Å². The average Bonchev–Trinajstić information content (AvgIpc) is 2.01. The Kier molecular flexibility index (Phi) is 5.42. The van der Waals surface area contributed by atoms with Crippen molar-refractivity contribution in [3.63, 3.8) is 0 Å². The Morgan fingerprint density at radius 1 is 1.33 bits per heavy atom. The van der Waals surface area contributed by atoms with Gasteiger partial charge < -0.3 is 5.73 Å². The summed E-state index contributed by atoms with van der Waals surface area (Å²) in [5, 5.41) is 0.389. The predicted molar refractivity (Wildman–Crippen MR) is 56.3 cm³/mol. The van der Waals surface area contributed by atoms with E-state index in [1.807, 2.05) is 0 Å². The molecule has 0 heterocycles. The number of hydrogen-bond donors (Lipinski definition) is 1. The summed E-state index contributed by atoms with van der Waals surface area (Å²) in [7, 11) is 0. The molecule has 0 fully saturated rings. The highest BCUT2D eigenvalue weighted by atomic mass is 35.5. The molecule has 0 unspecified atom stereocenters. The van der Waals surface area contributed by atoms with Crippen molar-refractivity contribution in [1.29, 1.82) is 0 Å². The van der Waals surface area contributed by atoms with Crippen molar-refractivity contribution in [2.45, 2.75) is 18.6 Å². The summed E-state index contributed by atoms with van der Waals surface area (Å²) >= 11 is 5.62. The molecule has 6 heteroatoms. The summed E-state index contributed by atoms with van der Waals surface area (Å²) in [5.74, 6) is 0. The highest BCUT2D eigenvalue weighted by Gasteiger charge is 2.30. The number of halogens is 5. The lowest BCUT2D eigenvalue weighted by molar-refractivity contribution is -0.138. The molecule has 0 amide bonds. The van der Waals surface area contributed by atoms with Crippen molar-refractivity contribution < 1.29 is 13.2 Å². The lowest BCUT2D eigenvalue weighted by atomic mass is 10.0. The van der Waals surface area contributed by atoms with Crippen LogP contribution in [-0.2, 0) is 0 Å². The van der Waals surface area contributed by atoms with Crippen LogP contribution in [0, 0.1) is 0 Å². The minimum atomic E-state index is -4.25. The lowest BCUT2D eigenvalue weighted by Crippen LogP contribution is -2.20. The van der Waals surface area contributed by atoms with Gasteiger partial charge in [-0.3, -0.25) is 0 Å². The summed E-state index contributed by atoms with van der Waals surface area (Å²) in [6, 6.07) is 5.09. The first kappa shape index (κ1) is 14.6. The van der Waals surface area contributed by atoms with Gasteiger partial charge in [0, 0.05) is 11.1 Å². The quantitative estimate of drug-likeness (QED) is 0.861. The molecule has 1 nitrogen and oxygen atoms in total. The van der Waals surface area contributed by atoms with Crippen molar-refractivity contribution in [1.82, 2.24) is 0 Å². The molecule has 2 N–H and O–H groups in total. The van der Waals surface area contributed by atoms with E-state index in [2.05, 4.69) is 0 Å². The molecular formula is C9H10Cl2F3N. The van der Waals surface area contributed by atoms with Crippen LogP contribution in [0.2, 0.25) is 5.02 Å². The van der Waals surface area contributed by atoms with Crippen molar-refractivity contribution in [2.24, 2.45) is 5.73 Å². The lowest BCUT2D eigenvalue weighted by Gasteiger charge is -2.14. The molecule has 1 atom stereocenters. The van der Waals surface area contributed by atoms with E-state index in [0.717, 1.165) is 0 Å². The summed E-state index contributed by atoms with van der Waals surface area (Å²) in [4.78, 5) is 0. The van der Waals surface area contributed by atoms with Crippen LogP contribution >= 0.6 is 24.0 Å². The fraction of sp³-hybridized carbons (Fsp3) is 0.333. The number of nitrogens with two attached hydrogens (primary N) is 1. The van der Waals surface area contributed by atoms with Gasteiger partial charge in [0.05, 0.1) is 6.42 Å². The fourth-order valence-corrected chi connectivity index (χ4v) is 1.30. The highest BCUT2D eigenvalue weighted by Crippen LogP contribution is 2.28. The SMILES string of the molecule is Cl.N[C@H](CC(F)(F)F)c1cccc(Cl)c1. The second-order valence-electron chi connectivity index (χ2n) is 2.98. The zero-order chi connectivity index (χ0) is 10.8. The second kappa shape index (κ2) is 5.58. The van der Waals surface area contributed by atoms with E-state index in [1.54, 1.807) is 12.1 Å². The van der Waals surface area contributed by atoms with E-state index in [-0.39, 0.29) is 12.4 Å². The largest absolute Gasteiger partial charge is 0.390 e. The standard InChI is InChI=1S/C9H9ClF3N.ClH/c10-7-3-1-2-6(4-7)8(14)5-9(11,12)13;/h1-4,8H,5,14H2;1H/t8-;/m1./s1. The molecule has 0 bridgehead atoms. The van der Waals surface area contributed by atoms with Gasteiger partial charge in [-0.1, -0.05) is 23.7 Å². The Hall–Kier alpha value is -0.450. The molecule has 1 aromatic carbocycles. The Labute approximate surface area is 96.8 Å². The Morgan fingerprint density at radius 2 is 1.93 bits per heavy atom. The van der Waals surface area contributed by atoms with Gasteiger partial charge in [-0.05, 0) is 17.7 Å². The molecule has 0 aliphatic carbocycles. The molecule has 0 aromatic heterocycles. The molecule has 0 saturated heterocycles. The summed E-state index contributed by atoms with van der Waals surface area (Å²) in [6.45, 7) is 0. The number of alkyl halides is 3. The minimum absolute atomic E-state index is 0. The number of hydrogen-bond acceptors (Lipinski definition) is 1. The van der Waals surface area contributed by atoms with Gasteiger partial charge in [0.15, 0.2) is 0 Å². The number of rotatable bonds is 2. The minimum Gasteiger partial charge on any atom is -0.324 e. The van der Waals surface area contributed by atoms with Crippen LogP contribution in [0.25, 0.3) is 0 Å². The molecule has 15 heavy (non-hydrogen) atoms. The molecule has 0 aliphatic heterocycles. The van der Waals surface area contributed by atoms with E-state index in [0.29, 0.717) is 10.6 Å². The molecule has 0 saturated carbocycles. The van der Waals surface area contributed by atoms with E-state index in [4.69, 9.17) is 17.3 Å². The van der Waals surface area contributed by atoms with Crippen molar-refractivity contribution >= 4 is 24.0 Å². The first-order chi connectivity index (χ1) is 6.38. The maximum Gasteiger partial charge on any atom is 0.390 e. The highest BCUT2D eigenvalue weighted by molar-refractivity contribution is 6.30. The zero-order valence-corrected chi connectivity index (χ0v) is 9.16. The van der Waals surface area contributed by atoms with Crippen LogP contribution in [0.1, 0.15) is 18.0 Å². The van der Waals surface area contributed by atoms with Crippen LogP contribution in [0.15, 0.2) is 24.3 Å². The summed E-state index contributed by atoms with van der Waals surface area (Å²) in [5.41, 5.74) is 5.77. The van der Waals surface area contributed by atoms with Crippen molar-refractivity contribution in [2.75, 3.05) is 0 Å².